The monoisotopic (exact) mass is 350 g/mol. The SMILES string of the molecule is CCc1ccc(C(=O)N2CC[C@]3(OC)CC[C@H](OCC(=O)O)C[C@H]23)[nH]1. The van der Waals surface area contributed by atoms with Gasteiger partial charge in [0.25, 0.3) is 5.91 Å². The van der Waals surface area contributed by atoms with Gasteiger partial charge in [0.05, 0.1) is 17.7 Å². The van der Waals surface area contributed by atoms with Crippen molar-refractivity contribution in [2.24, 2.45) is 0 Å². The van der Waals surface area contributed by atoms with Crippen molar-refractivity contribution in [3.63, 3.8) is 0 Å². The minimum Gasteiger partial charge on any atom is -0.480 e. The number of aryl methyl sites for hydroxylation is 1. The molecule has 138 valence electrons. The highest BCUT2D eigenvalue weighted by atomic mass is 16.5. The molecular formula is C18H26N2O5. The number of hydrogen-bond acceptors (Lipinski definition) is 4. The Morgan fingerprint density at radius 1 is 1.40 bits per heavy atom. The van der Waals surface area contributed by atoms with Crippen molar-refractivity contribution in [3.8, 4) is 0 Å². The van der Waals surface area contributed by atoms with Gasteiger partial charge in [-0.2, -0.15) is 0 Å². The molecule has 25 heavy (non-hydrogen) atoms. The molecule has 1 aromatic heterocycles. The maximum atomic E-state index is 13.0. The van der Waals surface area contributed by atoms with Gasteiger partial charge in [0.1, 0.15) is 12.3 Å². The molecule has 2 heterocycles. The van der Waals surface area contributed by atoms with Gasteiger partial charge in [0, 0.05) is 19.3 Å². The second-order valence-electron chi connectivity index (χ2n) is 6.89. The molecule has 1 amide bonds. The van der Waals surface area contributed by atoms with Crippen LogP contribution in [0.5, 0.6) is 0 Å². The van der Waals surface area contributed by atoms with Crippen LogP contribution < -0.4 is 0 Å². The number of carbonyl (C=O) groups is 2. The first-order valence-electron chi connectivity index (χ1n) is 8.86. The fourth-order valence-corrected chi connectivity index (χ4v) is 4.17. The average Bonchev–Trinajstić information content (AvgIpc) is 3.24. The van der Waals surface area contributed by atoms with Gasteiger partial charge in [-0.05, 0) is 44.2 Å². The van der Waals surface area contributed by atoms with Gasteiger partial charge in [-0.1, -0.05) is 6.92 Å². The summed E-state index contributed by atoms with van der Waals surface area (Å²) in [5.74, 6) is -0.996. The van der Waals surface area contributed by atoms with Gasteiger partial charge in [-0.25, -0.2) is 4.79 Å². The normalized spacial score (nSPS) is 28.8. The Morgan fingerprint density at radius 2 is 2.20 bits per heavy atom. The average molecular weight is 350 g/mol. The molecule has 0 radical (unpaired) electrons. The molecule has 0 bridgehead atoms. The highest BCUT2D eigenvalue weighted by Crippen LogP contribution is 2.43. The van der Waals surface area contributed by atoms with E-state index in [-0.39, 0.29) is 30.3 Å². The van der Waals surface area contributed by atoms with Crippen LogP contribution in [0.4, 0.5) is 0 Å². The molecule has 0 unspecified atom stereocenters. The molecule has 1 aliphatic carbocycles. The number of fused-ring (bicyclic) bond motifs is 1. The minimum absolute atomic E-state index is 0.0255. The topological polar surface area (TPSA) is 91.9 Å². The standard InChI is InChI=1S/C18H26N2O5/c1-3-12-4-5-14(19-12)17(23)20-9-8-18(24-2)7-6-13(10-15(18)20)25-11-16(21)22/h4-5,13,15,19H,3,6-11H2,1-2H3,(H,21,22)/t13-,15-,18+/m0/s1. The van der Waals surface area contributed by atoms with Crippen molar-refractivity contribution in [1.82, 2.24) is 9.88 Å². The summed E-state index contributed by atoms with van der Waals surface area (Å²) in [5.41, 5.74) is 1.28. The van der Waals surface area contributed by atoms with Crippen LogP contribution in [0.3, 0.4) is 0 Å². The molecule has 1 saturated carbocycles. The van der Waals surface area contributed by atoms with Crippen molar-refractivity contribution in [2.75, 3.05) is 20.3 Å². The summed E-state index contributed by atoms with van der Waals surface area (Å²) in [6.07, 6.45) is 3.62. The van der Waals surface area contributed by atoms with Crippen LogP contribution in [0.2, 0.25) is 0 Å². The summed E-state index contributed by atoms with van der Waals surface area (Å²) in [6, 6.07) is 3.67. The number of aromatic nitrogens is 1. The predicted molar refractivity (Wildman–Crippen MR) is 90.6 cm³/mol. The molecule has 7 heteroatoms. The van der Waals surface area contributed by atoms with Gasteiger partial charge < -0.3 is 24.5 Å². The van der Waals surface area contributed by atoms with Crippen LogP contribution >= 0.6 is 0 Å². The van der Waals surface area contributed by atoms with Gasteiger partial charge in [0.2, 0.25) is 0 Å². The van der Waals surface area contributed by atoms with E-state index in [1.165, 1.54) is 0 Å². The summed E-state index contributed by atoms with van der Waals surface area (Å²) in [6.45, 7) is 2.38. The lowest BCUT2D eigenvalue weighted by molar-refractivity contribution is -0.148. The third-order valence-corrected chi connectivity index (χ3v) is 5.60. The fourth-order valence-electron chi connectivity index (χ4n) is 4.17. The molecular weight excluding hydrogens is 324 g/mol. The second-order valence-corrected chi connectivity index (χ2v) is 6.89. The number of methoxy groups -OCH3 is 1. The number of nitrogens with zero attached hydrogens (tertiary/aromatic N) is 1. The van der Waals surface area contributed by atoms with Crippen LogP contribution in [0.15, 0.2) is 12.1 Å². The van der Waals surface area contributed by atoms with Crippen molar-refractivity contribution in [3.05, 3.63) is 23.5 Å². The quantitative estimate of drug-likeness (QED) is 0.817. The zero-order valence-electron chi connectivity index (χ0n) is 14.8. The Hall–Kier alpha value is -1.86. The lowest BCUT2D eigenvalue weighted by Crippen LogP contribution is -2.53. The Morgan fingerprint density at radius 3 is 2.84 bits per heavy atom. The van der Waals surface area contributed by atoms with E-state index >= 15 is 0 Å². The Bertz CT molecular complexity index is 643. The highest BCUT2D eigenvalue weighted by Gasteiger charge is 2.53. The van der Waals surface area contributed by atoms with E-state index in [4.69, 9.17) is 14.6 Å². The number of carboxylic acids is 1. The summed E-state index contributed by atoms with van der Waals surface area (Å²) >= 11 is 0. The number of H-pyrrole nitrogens is 1. The first-order chi connectivity index (χ1) is 12.0. The maximum absolute atomic E-state index is 13.0. The molecule has 1 aliphatic heterocycles. The number of carbonyl (C=O) groups excluding carboxylic acids is 1. The Balaban J connectivity index is 1.76. The first-order valence-corrected chi connectivity index (χ1v) is 8.86. The van der Waals surface area contributed by atoms with E-state index in [9.17, 15) is 9.59 Å². The van der Waals surface area contributed by atoms with Crippen molar-refractivity contribution < 1.29 is 24.2 Å². The maximum Gasteiger partial charge on any atom is 0.329 e. The molecule has 7 nitrogen and oxygen atoms in total. The number of likely N-dealkylation sites (tertiary alicyclic amines) is 1. The largest absolute Gasteiger partial charge is 0.480 e. The molecule has 2 aliphatic rings. The van der Waals surface area contributed by atoms with Crippen LogP contribution in [0.25, 0.3) is 0 Å². The number of amides is 1. The molecule has 1 aromatic rings. The number of carboxylic acid groups (broad SMARTS) is 1. The third-order valence-electron chi connectivity index (χ3n) is 5.60. The van der Waals surface area contributed by atoms with Gasteiger partial charge in [0.15, 0.2) is 0 Å². The van der Waals surface area contributed by atoms with Crippen LogP contribution in [0, 0.1) is 0 Å². The summed E-state index contributed by atoms with van der Waals surface area (Å²) in [4.78, 5) is 28.8. The number of nitrogens with one attached hydrogen (secondary N) is 1. The van der Waals surface area contributed by atoms with E-state index < -0.39 is 5.97 Å². The molecule has 2 fully saturated rings. The number of rotatable bonds is 6. The van der Waals surface area contributed by atoms with Crippen LogP contribution in [-0.4, -0.2) is 64.9 Å². The molecule has 0 aromatic carbocycles. The summed E-state index contributed by atoms with van der Waals surface area (Å²) in [5, 5.41) is 8.82. The number of aliphatic carboxylic acids is 1. The van der Waals surface area contributed by atoms with E-state index in [1.54, 1.807) is 7.11 Å². The van der Waals surface area contributed by atoms with E-state index in [2.05, 4.69) is 4.98 Å². The summed E-state index contributed by atoms with van der Waals surface area (Å²) in [7, 11) is 1.70. The zero-order valence-corrected chi connectivity index (χ0v) is 14.8. The molecule has 2 N–H and O–H groups in total. The van der Waals surface area contributed by atoms with Gasteiger partial charge >= 0.3 is 5.97 Å². The third kappa shape index (κ3) is 3.43. The Labute approximate surface area is 147 Å². The summed E-state index contributed by atoms with van der Waals surface area (Å²) < 4.78 is 11.3. The number of aromatic amines is 1. The van der Waals surface area contributed by atoms with Crippen LogP contribution in [-0.2, 0) is 20.7 Å². The van der Waals surface area contributed by atoms with E-state index in [0.29, 0.717) is 18.7 Å². The first kappa shape index (κ1) is 17.9. The predicted octanol–water partition coefficient (Wildman–Crippen LogP) is 1.83. The minimum atomic E-state index is -0.971. The lowest BCUT2D eigenvalue weighted by atomic mass is 9.79. The zero-order chi connectivity index (χ0) is 18.0. The van der Waals surface area contributed by atoms with Gasteiger partial charge in [-0.15, -0.1) is 0 Å². The molecule has 3 atom stereocenters. The Kier molecular flexibility index (Phi) is 5.15. The number of hydrogen-bond donors (Lipinski definition) is 2. The molecule has 1 saturated heterocycles. The molecule has 3 rings (SSSR count). The second kappa shape index (κ2) is 7.17. The van der Waals surface area contributed by atoms with Crippen molar-refractivity contribution in [2.45, 2.75) is 56.8 Å². The fraction of sp³-hybridized carbons (Fsp3) is 0.667. The van der Waals surface area contributed by atoms with Crippen molar-refractivity contribution in [1.29, 1.82) is 0 Å². The van der Waals surface area contributed by atoms with E-state index in [1.807, 2.05) is 24.0 Å². The van der Waals surface area contributed by atoms with Crippen molar-refractivity contribution >= 4 is 11.9 Å². The molecule has 0 spiro atoms. The number of ether oxygens (including phenoxy) is 2. The van der Waals surface area contributed by atoms with E-state index in [0.717, 1.165) is 31.4 Å². The smallest absolute Gasteiger partial charge is 0.329 e. The van der Waals surface area contributed by atoms with Gasteiger partial charge in [-0.3, -0.25) is 4.79 Å². The van der Waals surface area contributed by atoms with Crippen LogP contribution in [0.1, 0.15) is 48.8 Å². The highest BCUT2D eigenvalue weighted by molar-refractivity contribution is 5.93. The lowest BCUT2D eigenvalue weighted by Gasteiger charge is -2.43.